The molecule has 1 amide bonds. The van der Waals surface area contributed by atoms with E-state index in [9.17, 15) is 4.79 Å². The number of anilines is 2. The Hall–Kier alpha value is -2.34. The number of nitrogens with zero attached hydrogens (tertiary/aromatic N) is 3. The summed E-state index contributed by atoms with van der Waals surface area (Å²) in [6.07, 6.45) is 4.37. The first-order chi connectivity index (χ1) is 12.1. The number of nitrogens with one attached hydrogen (secondary N) is 1. The highest BCUT2D eigenvalue weighted by molar-refractivity contribution is 9.10. The summed E-state index contributed by atoms with van der Waals surface area (Å²) in [6.45, 7) is 4.08. The van der Waals surface area contributed by atoms with Gasteiger partial charge >= 0.3 is 0 Å². The number of carbonyl (C=O) groups is 1. The van der Waals surface area contributed by atoms with Crippen LogP contribution in [0.1, 0.15) is 29.0 Å². The second-order valence-corrected chi connectivity index (χ2v) is 7.23. The Kier molecular flexibility index (Phi) is 4.21. The maximum absolute atomic E-state index is 12.8. The number of amides is 1. The Balaban J connectivity index is 1.58. The SMILES string of the molecule is Cc1nc2ccc(Br)cn2c1C(=O)Nc1ccc(N2CCCC2)cc1. The summed E-state index contributed by atoms with van der Waals surface area (Å²) in [7, 11) is 0. The van der Waals surface area contributed by atoms with Crippen LogP contribution in [0.5, 0.6) is 0 Å². The third kappa shape index (κ3) is 3.14. The normalized spacial score (nSPS) is 14.2. The lowest BCUT2D eigenvalue weighted by Gasteiger charge is -2.17. The second-order valence-electron chi connectivity index (χ2n) is 6.32. The van der Waals surface area contributed by atoms with E-state index >= 15 is 0 Å². The van der Waals surface area contributed by atoms with Crippen molar-refractivity contribution < 1.29 is 4.79 Å². The number of carbonyl (C=O) groups excluding carboxylic acids is 1. The van der Waals surface area contributed by atoms with E-state index in [1.165, 1.54) is 18.5 Å². The van der Waals surface area contributed by atoms with Gasteiger partial charge in [-0.1, -0.05) is 0 Å². The zero-order chi connectivity index (χ0) is 17.4. The molecule has 0 atom stereocenters. The van der Waals surface area contributed by atoms with Crippen molar-refractivity contribution in [3.8, 4) is 0 Å². The Morgan fingerprint density at radius 1 is 1.12 bits per heavy atom. The van der Waals surface area contributed by atoms with Crippen LogP contribution >= 0.6 is 15.9 Å². The molecule has 128 valence electrons. The van der Waals surface area contributed by atoms with Gasteiger partial charge in [0.25, 0.3) is 5.91 Å². The van der Waals surface area contributed by atoms with E-state index in [1.807, 2.05) is 41.8 Å². The summed E-state index contributed by atoms with van der Waals surface area (Å²) in [5, 5.41) is 2.98. The minimum Gasteiger partial charge on any atom is -0.372 e. The van der Waals surface area contributed by atoms with Crippen LogP contribution in [-0.2, 0) is 0 Å². The van der Waals surface area contributed by atoms with E-state index < -0.39 is 0 Å². The monoisotopic (exact) mass is 398 g/mol. The number of aryl methyl sites for hydroxylation is 1. The molecule has 0 unspecified atom stereocenters. The van der Waals surface area contributed by atoms with Crippen LogP contribution in [0, 0.1) is 6.92 Å². The molecule has 1 aliphatic heterocycles. The minimum atomic E-state index is -0.156. The summed E-state index contributed by atoms with van der Waals surface area (Å²) in [6, 6.07) is 11.9. The fourth-order valence-corrected chi connectivity index (χ4v) is 3.67. The number of fused-ring (bicyclic) bond motifs is 1. The summed E-state index contributed by atoms with van der Waals surface area (Å²) >= 11 is 3.45. The lowest BCUT2D eigenvalue weighted by molar-refractivity contribution is 0.102. The van der Waals surface area contributed by atoms with Gasteiger partial charge in [0.15, 0.2) is 0 Å². The highest BCUT2D eigenvalue weighted by Crippen LogP contribution is 2.23. The van der Waals surface area contributed by atoms with Gasteiger partial charge in [0.1, 0.15) is 11.3 Å². The average Bonchev–Trinajstić information content (AvgIpc) is 3.22. The number of hydrogen-bond acceptors (Lipinski definition) is 3. The van der Waals surface area contributed by atoms with Gasteiger partial charge < -0.3 is 10.2 Å². The third-order valence-electron chi connectivity index (χ3n) is 4.57. The molecule has 4 rings (SSSR count). The molecule has 2 aromatic heterocycles. The van der Waals surface area contributed by atoms with Crippen molar-refractivity contribution >= 4 is 38.9 Å². The number of aromatic nitrogens is 2. The second kappa shape index (κ2) is 6.52. The molecule has 0 bridgehead atoms. The first-order valence-corrected chi connectivity index (χ1v) is 9.22. The number of benzene rings is 1. The summed E-state index contributed by atoms with van der Waals surface area (Å²) < 4.78 is 2.72. The van der Waals surface area contributed by atoms with Crippen molar-refractivity contribution in [3.63, 3.8) is 0 Å². The Labute approximate surface area is 154 Å². The van der Waals surface area contributed by atoms with Gasteiger partial charge in [-0.05, 0) is 72.1 Å². The molecule has 0 spiro atoms. The summed E-state index contributed by atoms with van der Waals surface area (Å²) in [5.74, 6) is -0.156. The van der Waals surface area contributed by atoms with E-state index in [0.29, 0.717) is 11.4 Å². The molecule has 5 nitrogen and oxygen atoms in total. The fraction of sp³-hybridized carbons (Fsp3) is 0.263. The molecule has 1 aromatic carbocycles. The zero-order valence-corrected chi connectivity index (χ0v) is 15.6. The van der Waals surface area contributed by atoms with Crippen LogP contribution in [0.25, 0.3) is 5.65 Å². The maximum atomic E-state index is 12.8. The largest absolute Gasteiger partial charge is 0.372 e. The number of halogens is 1. The van der Waals surface area contributed by atoms with Gasteiger partial charge in [-0.15, -0.1) is 0 Å². The Bertz CT molecular complexity index is 926. The number of rotatable bonds is 3. The molecule has 0 radical (unpaired) electrons. The smallest absolute Gasteiger partial charge is 0.274 e. The van der Waals surface area contributed by atoms with Gasteiger partial charge in [0.05, 0.1) is 5.69 Å². The molecule has 3 heterocycles. The average molecular weight is 399 g/mol. The van der Waals surface area contributed by atoms with E-state index in [0.717, 1.165) is 28.9 Å². The molecule has 1 aliphatic rings. The topological polar surface area (TPSA) is 49.6 Å². The standard InChI is InChI=1S/C19H19BrN4O/c1-13-18(24-12-14(20)4-9-17(24)21-13)19(25)22-15-5-7-16(8-6-15)23-10-2-3-11-23/h4-9,12H,2-3,10-11H2,1H3,(H,22,25). The zero-order valence-electron chi connectivity index (χ0n) is 14.0. The van der Waals surface area contributed by atoms with Crippen LogP contribution in [-0.4, -0.2) is 28.4 Å². The van der Waals surface area contributed by atoms with Crippen molar-refractivity contribution in [1.82, 2.24) is 9.38 Å². The van der Waals surface area contributed by atoms with Gasteiger partial charge in [0, 0.05) is 35.1 Å². The Morgan fingerprint density at radius 3 is 2.56 bits per heavy atom. The van der Waals surface area contributed by atoms with Crippen LogP contribution in [0.15, 0.2) is 47.1 Å². The number of imidazole rings is 1. The summed E-state index contributed by atoms with van der Waals surface area (Å²) in [5.41, 5.74) is 4.03. The van der Waals surface area contributed by atoms with E-state index in [-0.39, 0.29) is 5.91 Å². The fourth-order valence-electron chi connectivity index (χ4n) is 3.33. The van der Waals surface area contributed by atoms with Crippen molar-refractivity contribution in [3.05, 3.63) is 58.5 Å². The predicted molar refractivity (Wildman–Crippen MR) is 103 cm³/mol. The Morgan fingerprint density at radius 2 is 1.84 bits per heavy atom. The van der Waals surface area contributed by atoms with Crippen LogP contribution in [0.3, 0.4) is 0 Å². The maximum Gasteiger partial charge on any atom is 0.274 e. The van der Waals surface area contributed by atoms with Gasteiger partial charge in [-0.3, -0.25) is 9.20 Å². The van der Waals surface area contributed by atoms with Crippen LogP contribution in [0.4, 0.5) is 11.4 Å². The number of hydrogen-bond donors (Lipinski definition) is 1. The molecule has 6 heteroatoms. The van der Waals surface area contributed by atoms with Crippen LogP contribution in [0.2, 0.25) is 0 Å². The quantitative estimate of drug-likeness (QED) is 0.716. The first-order valence-electron chi connectivity index (χ1n) is 8.42. The van der Waals surface area contributed by atoms with Crippen molar-refractivity contribution in [2.24, 2.45) is 0 Å². The molecule has 0 aliphatic carbocycles. The molecular formula is C19H19BrN4O. The molecular weight excluding hydrogens is 380 g/mol. The van der Waals surface area contributed by atoms with Crippen molar-refractivity contribution in [2.45, 2.75) is 19.8 Å². The summed E-state index contributed by atoms with van der Waals surface area (Å²) in [4.78, 5) is 19.6. The lowest BCUT2D eigenvalue weighted by atomic mass is 10.2. The van der Waals surface area contributed by atoms with Gasteiger partial charge in [-0.25, -0.2) is 4.98 Å². The minimum absolute atomic E-state index is 0.156. The molecule has 1 fully saturated rings. The lowest BCUT2D eigenvalue weighted by Crippen LogP contribution is -2.18. The first kappa shape index (κ1) is 16.1. The highest BCUT2D eigenvalue weighted by Gasteiger charge is 2.17. The molecule has 1 saturated heterocycles. The van der Waals surface area contributed by atoms with Crippen molar-refractivity contribution in [1.29, 1.82) is 0 Å². The van der Waals surface area contributed by atoms with E-state index in [4.69, 9.17) is 0 Å². The molecule has 1 N–H and O–H groups in total. The highest BCUT2D eigenvalue weighted by atomic mass is 79.9. The van der Waals surface area contributed by atoms with Crippen molar-refractivity contribution in [2.75, 3.05) is 23.3 Å². The molecule has 3 aromatic rings. The third-order valence-corrected chi connectivity index (χ3v) is 5.04. The van der Waals surface area contributed by atoms with Crippen LogP contribution < -0.4 is 10.2 Å². The van der Waals surface area contributed by atoms with E-state index in [1.54, 1.807) is 0 Å². The van der Waals surface area contributed by atoms with E-state index in [2.05, 4.69) is 43.3 Å². The molecule has 25 heavy (non-hydrogen) atoms. The van der Waals surface area contributed by atoms with Gasteiger partial charge in [0.2, 0.25) is 0 Å². The predicted octanol–water partition coefficient (Wildman–Crippen LogP) is 4.26. The molecule has 0 saturated carbocycles. The number of pyridine rings is 1. The van der Waals surface area contributed by atoms with Gasteiger partial charge in [-0.2, -0.15) is 0 Å².